The molecule has 0 spiro atoms. The van der Waals surface area contributed by atoms with E-state index in [2.05, 4.69) is 10.3 Å². The molecule has 5 heteroatoms. The molecule has 0 aliphatic heterocycles. The van der Waals surface area contributed by atoms with Crippen LogP contribution >= 0.6 is 0 Å². The molecule has 0 amide bonds. The highest BCUT2D eigenvalue weighted by molar-refractivity contribution is 5.49. The molecule has 0 aliphatic rings. The largest absolute Gasteiger partial charge is 0.394 e. The number of aryl methyl sites for hydroxylation is 1. The van der Waals surface area contributed by atoms with Gasteiger partial charge in [-0.1, -0.05) is 0 Å². The second-order valence-corrected chi connectivity index (χ2v) is 5.02. The Labute approximate surface area is 116 Å². The summed E-state index contributed by atoms with van der Waals surface area (Å²) in [6.07, 6.45) is 2.56. The second-order valence-electron chi connectivity index (χ2n) is 5.02. The number of hydrogen-bond acceptors (Lipinski definition) is 3. The first kappa shape index (κ1) is 14.4. The second kappa shape index (κ2) is 5.54. The number of rotatable bonds is 4. The normalized spacial score (nSPS) is 13.8. The Kier molecular flexibility index (Phi) is 3.99. The molecular weight excluding hydrogens is 262 g/mol. The fourth-order valence-electron chi connectivity index (χ4n) is 2.04. The van der Waals surface area contributed by atoms with Crippen LogP contribution < -0.4 is 5.32 Å². The monoisotopic (exact) mass is 278 g/mol. The summed E-state index contributed by atoms with van der Waals surface area (Å²) in [6, 6.07) is 5.78. The van der Waals surface area contributed by atoms with E-state index >= 15 is 0 Å². The first-order valence-electron chi connectivity index (χ1n) is 6.20. The third kappa shape index (κ3) is 3.11. The number of halogens is 2. The maximum absolute atomic E-state index is 13.4. The van der Waals surface area contributed by atoms with Gasteiger partial charge in [0.05, 0.1) is 18.3 Å². The number of anilines is 1. The van der Waals surface area contributed by atoms with E-state index in [0.717, 1.165) is 11.8 Å². The van der Waals surface area contributed by atoms with E-state index in [1.807, 2.05) is 0 Å². The van der Waals surface area contributed by atoms with Crippen molar-refractivity contribution in [3.05, 3.63) is 59.4 Å². The molecule has 106 valence electrons. The highest BCUT2D eigenvalue weighted by atomic mass is 19.1. The minimum absolute atomic E-state index is 0.284. The lowest BCUT2D eigenvalue weighted by molar-refractivity contribution is 0.223. The summed E-state index contributed by atoms with van der Waals surface area (Å²) < 4.78 is 26.7. The zero-order valence-electron chi connectivity index (χ0n) is 11.3. The molecule has 3 nitrogen and oxygen atoms in total. The number of aliphatic hydroxyl groups is 1. The fraction of sp³-hybridized carbons (Fsp3) is 0.267. The molecule has 1 atom stereocenters. The molecule has 1 heterocycles. The lowest BCUT2D eigenvalue weighted by Gasteiger charge is -2.30. The number of aromatic nitrogens is 1. The lowest BCUT2D eigenvalue weighted by atomic mass is 9.93. The average Bonchev–Trinajstić information content (AvgIpc) is 2.37. The fourth-order valence-corrected chi connectivity index (χ4v) is 2.04. The van der Waals surface area contributed by atoms with E-state index in [-0.39, 0.29) is 12.4 Å². The van der Waals surface area contributed by atoms with Crippen LogP contribution in [0.1, 0.15) is 18.1 Å². The Balaban J connectivity index is 2.36. The van der Waals surface area contributed by atoms with E-state index < -0.39 is 11.4 Å². The predicted molar refractivity (Wildman–Crippen MR) is 73.4 cm³/mol. The van der Waals surface area contributed by atoms with Crippen molar-refractivity contribution in [3.63, 3.8) is 0 Å². The van der Waals surface area contributed by atoms with Crippen molar-refractivity contribution in [1.82, 2.24) is 4.98 Å². The van der Waals surface area contributed by atoms with Crippen molar-refractivity contribution in [2.75, 3.05) is 11.9 Å². The molecule has 2 rings (SSSR count). The van der Waals surface area contributed by atoms with Crippen molar-refractivity contribution >= 4 is 5.69 Å². The molecule has 2 aromatic rings. The van der Waals surface area contributed by atoms with Crippen LogP contribution in [0.4, 0.5) is 14.5 Å². The number of benzene rings is 1. The Morgan fingerprint density at radius 1 is 1.15 bits per heavy atom. The molecule has 0 bridgehead atoms. The number of aliphatic hydroxyl groups excluding tert-OH is 1. The minimum atomic E-state index is -0.949. The smallest absolute Gasteiger partial charge is 0.141 e. The highest BCUT2D eigenvalue weighted by Crippen LogP contribution is 2.26. The first-order valence-corrected chi connectivity index (χ1v) is 6.20. The standard InChI is InChI=1S/C15H16F2N2O/c1-10-3-12(16)6-14(4-10)19-15(2,9-20)11-5-13(17)8-18-7-11/h3-8,19-20H,9H2,1-2H3. The van der Waals surface area contributed by atoms with Crippen molar-refractivity contribution < 1.29 is 13.9 Å². The van der Waals surface area contributed by atoms with Gasteiger partial charge in [-0.25, -0.2) is 8.78 Å². The first-order chi connectivity index (χ1) is 9.43. The molecule has 1 aromatic heterocycles. The van der Waals surface area contributed by atoms with Gasteiger partial charge in [0.1, 0.15) is 11.6 Å². The summed E-state index contributed by atoms with van der Waals surface area (Å²) in [4.78, 5) is 3.77. The van der Waals surface area contributed by atoms with E-state index in [1.54, 1.807) is 19.9 Å². The van der Waals surface area contributed by atoms with Gasteiger partial charge in [0.25, 0.3) is 0 Å². The van der Waals surface area contributed by atoms with Gasteiger partial charge in [-0.2, -0.15) is 0 Å². The summed E-state index contributed by atoms with van der Waals surface area (Å²) in [7, 11) is 0. The number of nitrogens with zero attached hydrogens (tertiary/aromatic N) is 1. The molecule has 0 saturated heterocycles. The van der Waals surface area contributed by atoms with E-state index in [9.17, 15) is 13.9 Å². The number of nitrogens with one attached hydrogen (secondary N) is 1. The zero-order valence-corrected chi connectivity index (χ0v) is 11.3. The van der Waals surface area contributed by atoms with Crippen molar-refractivity contribution in [1.29, 1.82) is 0 Å². The van der Waals surface area contributed by atoms with Crippen molar-refractivity contribution in [3.8, 4) is 0 Å². The highest BCUT2D eigenvalue weighted by Gasteiger charge is 2.26. The summed E-state index contributed by atoms with van der Waals surface area (Å²) >= 11 is 0. The summed E-state index contributed by atoms with van der Waals surface area (Å²) in [5, 5.41) is 12.7. The maximum Gasteiger partial charge on any atom is 0.141 e. The van der Waals surface area contributed by atoms with Gasteiger partial charge in [0, 0.05) is 17.4 Å². The quantitative estimate of drug-likeness (QED) is 0.903. The van der Waals surface area contributed by atoms with Crippen LogP contribution in [0, 0.1) is 18.6 Å². The maximum atomic E-state index is 13.4. The topological polar surface area (TPSA) is 45.1 Å². The molecule has 0 radical (unpaired) electrons. The number of pyridine rings is 1. The molecule has 0 saturated carbocycles. The molecule has 1 unspecified atom stereocenters. The molecule has 0 aliphatic carbocycles. The van der Waals surface area contributed by atoms with Gasteiger partial charge >= 0.3 is 0 Å². The van der Waals surface area contributed by atoms with Crippen LogP contribution in [-0.2, 0) is 5.54 Å². The lowest BCUT2D eigenvalue weighted by Crippen LogP contribution is -2.36. The van der Waals surface area contributed by atoms with Gasteiger partial charge in [0.2, 0.25) is 0 Å². The van der Waals surface area contributed by atoms with Crippen molar-refractivity contribution in [2.45, 2.75) is 19.4 Å². The van der Waals surface area contributed by atoms with E-state index in [4.69, 9.17) is 0 Å². The van der Waals surface area contributed by atoms with Crippen LogP contribution in [0.5, 0.6) is 0 Å². The molecule has 0 fully saturated rings. The van der Waals surface area contributed by atoms with Gasteiger partial charge in [-0.15, -0.1) is 0 Å². The third-order valence-electron chi connectivity index (χ3n) is 3.12. The summed E-state index contributed by atoms with van der Waals surface area (Å²) in [5.74, 6) is -0.857. The van der Waals surface area contributed by atoms with E-state index in [1.165, 1.54) is 24.4 Å². The zero-order chi connectivity index (χ0) is 14.8. The van der Waals surface area contributed by atoms with Gasteiger partial charge in [0.15, 0.2) is 0 Å². The Hall–Kier alpha value is -2.01. The van der Waals surface area contributed by atoms with Crippen LogP contribution in [-0.4, -0.2) is 16.7 Å². The molecular formula is C15H16F2N2O. The Morgan fingerprint density at radius 2 is 1.90 bits per heavy atom. The molecule has 1 aromatic carbocycles. The third-order valence-corrected chi connectivity index (χ3v) is 3.12. The minimum Gasteiger partial charge on any atom is -0.394 e. The van der Waals surface area contributed by atoms with Crippen LogP contribution in [0.15, 0.2) is 36.7 Å². The summed E-state index contributed by atoms with van der Waals surface area (Å²) in [5.41, 5.74) is 0.811. The van der Waals surface area contributed by atoms with Crippen LogP contribution in [0.3, 0.4) is 0 Å². The Morgan fingerprint density at radius 3 is 2.50 bits per heavy atom. The summed E-state index contributed by atoms with van der Waals surface area (Å²) in [6.45, 7) is 3.19. The average molecular weight is 278 g/mol. The van der Waals surface area contributed by atoms with Crippen LogP contribution in [0.2, 0.25) is 0 Å². The number of hydrogen-bond donors (Lipinski definition) is 2. The van der Waals surface area contributed by atoms with Crippen LogP contribution in [0.25, 0.3) is 0 Å². The molecule has 20 heavy (non-hydrogen) atoms. The van der Waals surface area contributed by atoms with Crippen molar-refractivity contribution in [2.24, 2.45) is 0 Å². The Bertz CT molecular complexity index is 598. The SMILES string of the molecule is Cc1cc(F)cc(NC(C)(CO)c2cncc(F)c2)c1. The van der Waals surface area contributed by atoms with E-state index in [0.29, 0.717) is 11.3 Å². The van der Waals surface area contributed by atoms with Gasteiger partial charge < -0.3 is 10.4 Å². The predicted octanol–water partition coefficient (Wildman–Crippen LogP) is 2.99. The molecule has 2 N–H and O–H groups in total. The van der Waals surface area contributed by atoms with Gasteiger partial charge in [-0.05, 0) is 43.7 Å². The van der Waals surface area contributed by atoms with Gasteiger partial charge in [-0.3, -0.25) is 4.98 Å².